The Bertz CT molecular complexity index is 647. The molecule has 6 heteroatoms. The Morgan fingerprint density at radius 1 is 1.33 bits per heavy atom. The van der Waals surface area contributed by atoms with E-state index in [9.17, 15) is 12.8 Å². The molecule has 0 heterocycles. The maximum absolute atomic E-state index is 13.5. The van der Waals surface area contributed by atoms with Crippen molar-refractivity contribution in [3.05, 3.63) is 24.0 Å². The molecule has 1 aromatic rings. The van der Waals surface area contributed by atoms with Crippen molar-refractivity contribution in [1.82, 2.24) is 4.31 Å². The average molecular weight is 312 g/mol. The summed E-state index contributed by atoms with van der Waals surface area (Å²) in [5.74, 6) is 1.20. The summed E-state index contributed by atoms with van der Waals surface area (Å²) in [6.45, 7) is 0.523. The molecule has 116 valence electrons. The second-order valence-electron chi connectivity index (χ2n) is 6.40. The number of rotatable bonds is 4. The van der Waals surface area contributed by atoms with Crippen molar-refractivity contribution in [3.8, 4) is 0 Å². The van der Waals surface area contributed by atoms with Crippen molar-refractivity contribution in [2.24, 2.45) is 17.8 Å². The lowest BCUT2D eigenvalue weighted by Gasteiger charge is -2.26. The summed E-state index contributed by atoms with van der Waals surface area (Å²) in [6, 6.07) is 3.67. The summed E-state index contributed by atoms with van der Waals surface area (Å²) in [4.78, 5) is -0.0279. The van der Waals surface area contributed by atoms with Gasteiger partial charge in [0.05, 0.1) is 10.6 Å². The fraction of sp³-hybridized carbons (Fsp3) is 0.600. The minimum atomic E-state index is -3.64. The highest BCUT2D eigenvalue weighted by Gasteiger charge is 2.40. The molecule has 2 saturated carbocycles. The SMILES string of the molecule is CN(CC1CC2CCC1C2)S(=O)(=O)c1ccc(N)c(F)c1. The number of anilines is 1. The van der Waals surface area contributed by atoms with Crippen molar-refractivity contribution >= 4 is 15.7 Å². The van der Waals surface area contributed by atoms with Gasteiger partial charge in [-0.15, -0.1) is 0 Å². The number of fused-ring (bicyclic) bond motifs is 2. The normalized spacial score (nSPS) is 28.4. The van der Waals surface area contributed by atoms with Crippen LogP contribution < -0.4 is 5.73 Å². The first-order valence-corrected chi connectivity index (χ1v) is 8.83. The Kier molecular flexibility index (Phi) is 3.69. The van der Waals surface area contributed by atoms with E-state index in [1.54, 1.807) is 7.05 Å². The highest BCUT2D eigenvalue weighted by atomic mass is 32.2. The number of hydrogen-bond acceptors (Lipinski definition) is 3. The molecule has 0 radical (unpaired) electrons. The molecule has 3 rings (SSSR count). The Morgan fingerprint density at radius 3 is 2.67 bits per heavy atom. The molecule has 0 amide bonds. The first-order valence-electron chi connectivity index (χ1n) is 7.39. The summed E-state index contributed by atoms with van der Waals surface area (Å²) in [5.41, 5.74) is 5.36. The third-order valence-electron chi connectivity index (χ3n) is 5.06. The van der Waals surface area contributed by atoms with Crippen LogP contribution in [0.2, 0.25) is 0 Å². The van der Waals surface area contributed by atoms with Gasteiger partial charge in [0.15, 0.2) is 0 Å². The van der Waals surface area contributed by atoms with Crippen molar-refractivity contribution < 1.29 is 12.8 Å². The first kappa shape index (κ1) is 14.8. The lowest BCUT2D eigenvalue weighted by Crippen LogP contribution is -2.33. The molecule has 0 aromatic heterocycles. The van der Waals surface area contributed by atoms with Crippen LogP contribution in [0.4, 0.5) is 10.1 Å². The lowest BCUT2D eigenvalue weighted by atomic mass is 9.89. The van der Waals surface area contributed by atoms with E-state index in [1.165, 1.54) is 35.7 Å². The van der Waals surface area contributed by atoms with Crippen molar-refractivity contribution in [2.45, 2.75) is 30.6 Å². The molecule has 2 aliphatic carbocycles. The van der Waals surface area contributed by atoms with Gasteiger partial charge in [0, 0.05) is 13.6 Å². The second kappa shape index (κ2) is 5.25. The van der Waals surface area contributed by atoms with E-state index in [-0.39, 0.29) is 10.6 Å². The molecule has 2 bridgehead atoms. The van der Waals surface area contributed by atoms with E-state index in [0.29, 0.717) is 18.4 Å². The van der Waals surface area contributed by atoms with Gasteiger partial charge in [-0.05, 0) is 55.2 Å². The third-order valence-corrected chi connectivity index (χ3v) is 6.88. The summed E-state index contributed by atoms with van der Waals surface area (Å²) in [7, 11) is -2.07. The van der Waals surface area contributed by atoms with Gasteiger partial charge >= 0.3 is 0 Å². The number of sulfonamides is 1. The molecule has 0 saturated heterocycles. The van der Waals surface area contributed by atoms with Gasteiger partial charge in [-0.1, -0.05) is 6.42 Å². The second-order valence-corrected chi connectivity index (χ2v) is 8.45. The van der Waals surface area contributed by atoms with Gasteiger partial charge in [0.1, 0.15) is 5.82 Å². The number of halogens is 1. The maximum Gasteiger partial charge on any atom is 0.242 e. The van der Waals surface area contributed by atoms with Gasteiger partial charge < -0.3 is 5.73 Å². The standard InChI is InChI=1S/C15H21FN2O2S/c1-18(9-12-7-10-2-3-11(12)6-10)21(19,20)13-4-5-15(17)14(16)8-13/h4-5,8,10-12H,2-3,6-7,9,17H2,1H3. The Hall–Kier alpha value is -1.14. The van der Waals surface area contributed by atoms with E-state index in [1.807, 2.05) is 0 Å². The predicted octanol–water partition coefficient (Wildman–Crippen LogP) is 2.46. The minimum absolute atomic E-state index is 0.0279. The molecule has 2 N–H and O–H groups in total. The maximum atomic E-state index is 13.5. The number of hydrogen-bond donors (Lipinski definition) is 1. The highest BCUT2D eigenvalue weighted by molar-refractivity contribution is 7.89. The monoisotopic (exact) mass is 312 g/mol. The number of nitrogens with two attached hydrogens (primary N) is 1. The fourth-order valence-electron chi connectivity index (χ4n) is 3.88. The summed E-state index contributed by atoms with van der Waals surface area (Å²) >= 11 is 0. The van der Waals surface area contributed by atoms with E-state index in [4.69, 9.17) is 5.73 Å². The topological polar surface area (TPSA) is 63.4 Å². The van der Waals surface area contributed by atoms with Crippen LogP contribution in [0.5, 0.6) is 0 Å². The highest BCUT2D eigenvalue weighted by Crippen LogP contribution is 2.48. The van der Waals surface area contributed by atoms with Crippen molar-refractivity contribution in [2.75, 3.05) is 19.3 Å². The third kappa shape index (κ3) is 2.66. The molecule has 1 aromatic carbocycles. The number of nitrogens with zero attached hydrogens (tertiary/aromatic N) is 1. The van der Waals surface area contributed by atoms with Crippen LogP contribution in [-0.4, -0.2) is 26.3 Å². The molecular formula is C15H21FN2O2S. The van der Waals surface area contributed by atoms with Crippen LogP contribution in [-0.2, 0) is 10.0 Å². The van der Waals surface area contributed by atoms with Crippen LogP contribution in [0.25, 0.3) is 0 Å². The van der Waals surface area contributed by atoms with Crippen LogP contribution in [0.3, 0.4) is 0 Å². The molecule has 0 spiro atoms. The van der Waals surface area contributed by atoms with Gasteiger partial charge in [-0.2, -0.15) is 0 Å². The Labute approximate surface area is 125 Å². The van der Waals surface area contributed by atoms with Gasteiger partial charge in [-0.3, -0.25) is 0 Å². The van der Waals surface area contributed by atoms with E-state index >= 15 is 0 Å². The van der Waals surface area contributed by atoms with Gasteiger partial charge in [0.25, 0.3) is 0 Å². The number of benzene rings is 1. The van der Waals surface area contributed by atoms with Gasteiger partial charge in [0.2, 0.25) is 10.0 Å². The average Bonchev–Trinajstić information content (AvgIpc) is 3.04. The summed E-state index contributed by atoms with van der Waals surface area (Å²) in [5, 5.41) is 0. The lowest BCUT2D eigenvalue weighted by molar-refractivity contribution is 0.280. The summed E-state index contributed by atoms with van der Waals surface area (Å²) in [6.07, 6.45) is 4.89. The van der Waals surface area contributed by atoms with E-state index in [2.05, 4.69) is 0 Å². The van der Waals surface area contributed by atoms with Crippen LogP contribution in [0.15, 0.2) is 23.1 Å². The zero-order valence-electron chi connectivity index (χ0n) is 12.1. The van der Waals surface area contributed by atoms with Crippen molar-refractivity contribution in [1.29, 1.82) is 0 Å². The van der Waals surface area contributed by atoms with Crippen LogP contribution in [0.1, 0.15) is 25.7 Å². The fourth-order valence-corrected chi connectivity index (χ4v) is 5.12. The van der Waals surface area contributed by atoms with E-state index in [0.717, 1.165) is 18.4 Å². The van der Waals surface area contributed by atoms with Gasteiger partial charge in [-0.25, -0.2) is 17.1 Å². The van der Waals surface area contributed by atoms with Crippen LogP contribution in [0, 0.1) is 23.6 Å². The van der Waals surface area contributed by atoms with Crippen molar-refractivity contribution in [3.63, 3.8) is 0 Å². The molecule has 4 nitrogen and oxygen atoms in total. The Balaban J connectivity index is 1.76. The molecule has 3 unspecified atom stereocenters. The summed E-state index contributed by atoms with van der Waals surface area (Å²) < 4.78 is 39.9. The zero-order chi connectivity index (χ0) is 15.2. The molecule has 0 aliphatic heterocycles. The number of nitrogen functional groups attached to an aromatic ring is 1. The van der Waals surface area contributed by atoms with Crippen LogP contribution >= 0.6 is 0 Å². The molecule has 3 atom stereocenters. The molecule has 2 aliphatic rings. The quantitative estimate of drug-likeness (QED) is 0.869. The Morgan fingerprint density at radius 2 is 2.10 bits per heavy atom. The predicted molar refractivity (Wildman–Crippen MR) is 79.6 cm³/mol. The van der Waals surface area contributed by atoms with E-state index < -0.39 is 15.8 Å². The minimum Gasteiger partial charge on any atom is -0.396 e. The first-order chi connectivity index (χ1) is 9.88. The molecule has 21 heavy (non-hydrogen) atoms. The molecule has 2 fully saturated rings. The largest absolute Gasteiger partial charge is 0.396 e. The smallest absolute Gasteiger partial charge is 0.242 e. The molecular weight excluding hydrogens is 291 g/mol. The zero-order valence-corrected chi connectivity index (χ0v) is 12.9.